The second-order valence-electron chi connectivity index (χ2n) is 4.33. The molecule has 2 aromatic rings. The van der Waals surface area contributed by atoms with E-state index in [1.54, 1.807) is 10.9 Å². The summed E-state index contributed by atoms with van der Waals surface area (Å²) in [6, 6.07) is 5.91. The average Bonchev–Trinajstić information content (AvgIpc) is 2.27. The molecule has 1 aromatic heterocycles. The lowest BCUT2D eigenvalue weighted by Crippen LogP contribution is -2.41. The molecule has 0 spiro atoms. The Balaban J connectivity index is 2.45. The lowest BCUT2D eigenvalue weighted by molar-refractivity contribution is -0.748. The van der Waals surface area contributed by atoms with Crippen LogP contribution in [0.4, 0.5) is 0 Å². The summed E-state index contributed by atoms with van der Waals surface area (Å²) in [7, 11) is -3.96. The highest BCUT2D eigenvalue weighted by Crippen LogP contribution is 2.16. The Bertz CT molecular complexity index is 696. The lowest BCUT2D eigenvalue weighted by atomic mass is 10.1. The predicted octanol–water partition coefficient (Wildman–Crippen LogP) is 1.03. The Labute approximate surface area is 106 Å². The molecule has 0 radical (unpaired) electrons. The van der Waals surface area contributed by atoms with Gasteiger partial charge in [-0.3, -0.25) is 4.55 Å². The van der Waals surface area contributed by atoms with Gasteiger partial charge in [-0.2, -0.15) is 8.42 Å². The second-order valence-corrected chi connectivity index (χ2v) is 5.90. The molecule has 18 heavy (non-hydrogen) atoms. The van der Waals surface area contributed by atoms with Crippen molar-refractivity contribution in [2.45, 2.75) is 20.4 Å². The van der Waals surface area contributed by atoms with E-state index in [4.69, 9.17) is 4.55 Å². The third-order valence-electron chi connectivity index (χ3n) is 2.81. The number of hydrogen-bond acceptors (Lipinski definition) is 3. The van der Waals surface area contributed by atoms with Crippen LogP contribution in [0.1, 0.15) is 11.1 Å². The van der Waals surface area contributed by atoms with Crippen LogP contribution in [0.5, 0.6) is 0 Å². The summed E-state index contributed by atoms with van der Waals surface area (Å²) < 4.78 is 31.8. The van der Waals surface area contributed by atoms with Crippen molar-refractivity contribution in [3.05, 3.63) is 35.5 Å². The largest absolute Gasteiger partial charge is 0.285 e. The molecular weight excluding hydrogens is 252 g/mol. The molecule has 1 aromatic carbocycles. The van der Waals surface area contributed by atoms with Crippen LogP contribution in [0.25, 0.3) is 10.9 Å². The van der Waals surface area contributed by atoms with E-state index in [1.165, 1.54) is 0 Å². The Morgan fingerprint density at radius 3 is 2.67 bits per heavy atom. The van der Waals surface area contributed by atoms with Gasteiger partial charge in [0.15, 0.2) is 12.7 Å². The number of hydrogen-bond donors (Lipinski definition) is 1. The zero-order chi connectivity index (χ0) is 13.3. The van der Waals surface area contributed by atoms with Crippen molar-refractivity contribution >= 4 is 21.0 Å². The maximum absolute atomic E-state index is 10.7. The number of benzene rings is 1. The summed E-state index contributed by atoms with van der Waals surface area (Å²) in [5.41, 5.74) is 2.92. The van der Waals surface area contributed by atoms with Crippen molar-refractivity contribution in [3.63, 3.8) is 0 Å². The van der Waals surface area contributed by atoms with E-state index >= 15 is 0 Å². The molecule has 0 aliphatic rings. The topological polar surface area (TPSA) is 71.1 Å². The molecule has 0 saturated carbocycles. The van der Waals surface area contributed by atoms with Crippen LogP contribution in [0.15, 0.2) is 24.4 Å². The molecule has 0 saturated heterocycles. The quantitative estimate of drug-likeness (QED) is 0.666. The molecule has 0 unspecified atom stereocenters. The fourth-order valence-corrected chi connectivity index (χ4v) is 2.30. The molecule has 0 fully saturated rings. The molecule has 2 rings (SSSR count). The summed E-state index contributed by atoms with van der Waals surface area (Å²) in [6.45, 7) is 4.05. The van der Waals surface area contributed by atoms with Gasteiger partial charge in [0.1, 0.15) is 11.3 Å². The fraction of sp³-hybridized carbons (Fsp3) is 0.333. The molecule has 0 atom stereocenters. The highest BCUT2D eigenvalue weighted by molar-refractivity contribution is 7.85. The number of fused-ring (bicyclic) bond motifs is 1. The van der Waals surface area contributed by atoms with Gasteiger partial charge >= 0.3 is 0 Å². The van der Waals surface area contributed by atoms with Gasteiger partial charge in [0.25, 0.3) is 10.1 Å². The lowest BCUT2D eigenvalue weighted by Gasteiger charge is -2.02. The Kier molecular flexibility index (Phi) is 3.32. The Hall–Kier alpha value is -1.53. The third kappa shape index (κ3) is 2.83. The molecule has 0 aliphatic heterocycles. The number of nitrogens with zero attached hydrogens (tertiary/aromatic N) is 2. The summed E-state index contributed by atoms with van der Waals surface area (Å²) in [4.78, 5) is 0. The highest BCUT2D eigenvalue weighted by Gasteiger charge is 2.14. The first-order valence-electron chi connectivity index (χ1n) is 5.59. The molecule has 0 bridgehead atoms. The molecule has 0 amide bonds. The van der Waals surface area contributed by atoms with Gasteiger partial charge in [0, 0.05) is 16.0 Å². The van der Waals surface area contributed by atoms with Crippen LogP contribution >= 0.6 is 0 Å². The van der Waals surface area contributed by atoms with Gasteiger partial charge in [-0.25, -0.2) is 0 Å². The minimum atomic E-state index is -3.96. The van der Waals surface area contributed by atoms with Gasteiger partial charge in [0.05, 0.1) is 0 Å². The smallest absolute Gasteiger partial charge is 0.271 e. The van der Waals surface area contributed by atoms with Crippen molar-refractivity contribution in [3.8, 4) is 0 Å². The fourth-order valence-electron chi connectivity index (χ4n) is 1.88. The summed E-state index contributed by atoms with van der Waals surface area (Å²) in [5.74, 6) is -0.332. The predicted molar refractivity (Wildman–Crippen MR) is 67.8 cm³/mol. The Morgan fingerprint density at radius 2 is 2.00 bits per heavy atom. The molecule has 1 heterocycles. The van der Waals surface area contributed by atoms with Crippen LogP contribution in [0, 0.1) is 13.8 Å². The zero-order valence-corrected chi connectivity index (χ0v) is 11.1. The van der Waals surface area contributed by atoms with E-state index in [-0.39, 0.29) is 12.3 Å². The standard InChI is InChI=1S/C12H14N2O3S/c1-9-4-3-5-11-10(2)8-14(13-12(9)11)6-7-18(15,16)17/h3-5,8H,6-7H2,1-2H3/p+1. The molecule has 0 aliphatic carbocycles. The number of rotatable bonds is 3. The minimum Gasteiger partial charge on any atom is -0.285 e. The van der Waals surface area contributed by atoms with Gasteiger partial charge in [-0.15, -0.1) is 0 Å². The van der Waals surface area contributed by atoms with Gasteiger partial charge < -0.3 is 0 Å². The van der Waals surface area contributed by atoms with E-state index < -0.39 is 10.1 Å². The van der Waals surface area contributed by atoms with Gasteiger partial charge in [-0.05, 0) is 19.4 Å². The first-order chi connectivity index (χ1) is 8.37. The zero-order valence-electron chi connectivity index (χ0n) is 10.3. The van der Waals surface area contributed by atoms with Crippen LogP contribution in [-0.4, -0.2) is 23.8 Å². The number of aromatic nitrogens is 2. The molecule has 6 heteroatoms. The molecule has 5 nitrogen and oxygen atoms in total. The van der Waals surface area contributed by atoms with Crippen LogP contribution < -0.4 is 4.68 Å². The van der Waals surface area contributed by atoms with Crippen molar-refractivity contribution in [2.75, 3.05) is 5.75 Å². The minimum absolute atomic E-state index is 0.143. The van der Waals surface area contributed by atoms with Gasteiger partial charge in [0.2, 0.25) is 0 Å². The van der Waals surface area contributed by atoms with Crippen molar-refractivity contribution in [2.24, 2.45) is 0 Å². The van der Waals surface area contributed by atoms with Crippen molar-refractivity contribution in [1.29, 1.82) is 0 Å². The summed E-state index contributed by atoms with van der Waals surface area (Å²) >= 11 is 0. The molecule has 96 valence electrons. The highest BCUT2D eigenvalue weighted by atomic mass is 32.2. The van der Waals surface area contributed by atoms with Crippen LogP contribution in [-0.2, 0) is 16.7 Å². The van der Waals surface area contributed by atoms with E-state index in [9.17, 15) is 8.42 Å². The maximum Gasteiger partial charge on any atom is 0.271 e. The molecular formula is C12H15N2O3S+. The Morgan fingerprint density at radius 1 is 1.28 bits per heavy atom. The van der Waals surface area contributed by atoms with Crippen LogP contribution in [0.2, 0.25) is 0 Å². The van der Waals surface area contributed by atoms with Crippen molar-refractivity contribution < 1.29 is 17.7 Å². The average molecular weight is 267 g/mol. The number of aryl methyl sites for hydroxylation is 3. The third-order valence-corrected chi connectivity index (χ3v) is 3.51. The van der Waals surface area contributed by atoms with E-state index in [2.05, 4.69) is 5.10 Å². The SMILES string of the molecule is Cc1c[n+](CCS(=O)(=O)O)nc2c(C)cccc12. The van der Waals surface area contributed by atoms with E-state index in [0.29, 0.717) is 0 Å². The van der Waals surface area contributed by atoms with Crippen molar-refractivity contribution in [1.82, 2.24) is 5.10 Å². The second kappa shape index (κ2) is 4.62. The summed E-state index contributed by atoms with van der Waals surface area (Å²) in [5, 5.41) is 5.43. The van der Waals surface area contributed by atoms with E-state index in [0.717, 1.165) is 22.0 Å². The molecule has 1 N–H and O–H groups in total. The van der Waals surface area contributed by atoms with Gasteiger partial charge in [-0.1, -0.05) is 22.9 Å². The maximum atomic E-state index is 10.7. The summed E-state index contributed by atoms with van der Waals surface area (Å²) in [6.07, 6.45) is 1.78. The normalized spacial score (nSPS) is 11.9. The first kappa shape index (κ1) is 12.9. The van der Waals surface area contributed by atoms with E-state index in [1.807, 2.05) is 32.0 Å². The monoisotopic (exact) mass is 267 g/mol. The first-order valence-corrected chi connectivity index (χ1v) is 7.19. The van der Waals surface area contributed by atoms with Crippen LogP contribution in [0.3, 0.4) is 0 Å².